The molecule has 32 nitrogen and oxygen atoms in total. The van der Waals surface area contributed by atoms with Crippen LogP contribution in [0.15, 0.2) is 86.7 Å². The molecule has 2 atom stereocenters. The summed E-state index contributed by atoms with van der Waals surface area (Å²) in [6.07, 6.45) is 30.0. The molecular formula is C60H117N5O27S14. The number of hydrogen-bond donors (Lipinski definition) is 1. The largest absolute Gasteiger partial charge is 0.453 e. The quantitative estimate of drug-likeness (QED) is 0.266. The summed E-state index contributed by atoms with van der Waals surface area (Å²) in [4.78, 5) is 7.58. The first-order chi connectivity index (χ1) is 47.6. The predicted molar refractivity (Wildman–Crippen MR) is 427 cm³/mol. The van der Waals surface area contributed by atoms with E-state index in [1.54, 1.807) is 55.9 Å². The molecule has 0 radical (unpaired) electrons. The molecule has 4 saturated heterocycles. The first kappa shape index (κ1) is 110. The van der Waals surface area contributed by atoms with Crippen LogP contribution in [0, 0.1) is 5.41 Å². The van der Waals surface area contributed by atoms with Crippen LogP contribution in [-0.4, -0.2) is 303 Å². The Hall–Kier alpha value is -2.52. The van der Waals surface area contributed by atoms with E-state index in [-0.39, 0.29) is 37.2 Å². The van der Waals surface area contributed by atoms with Crippen molar-refractivity contribution in [2.75, 3.05) is 163 Å². The maximum Gasteiger partial charge on any atom is 0.217 e. The number of rotatable bonds is 12. The summed E-state index contributed by atoms with van der Waals surface area (Å²) in [6.45, 7) is 15.8. The Morgan fingerprint density at radius 2 is 1.03 bits per heavy atom. The van der Waals surface area contributed by atoms with E-state index in [9.17, 15) is 101 Å². The third-order valence-corrected chi connectivity index (χ3v) is 30.2. The van der Waals surface area contributed by atoms with Gasteiger partial charge in [0.15, 0.2) is 44.4 Å². The number of ether oxygens (including phenoxy) is 2. The fraction of sp³-hybridized carbons (Fsp3) is 0.767. The van der Waals surface area contributed by atoms with Crippen molar-refractivity contribution in [1.82, 2.24) is 23.9 Å². The van der Waals surface area contributed by atoms with Crippen molar-refractivity contribution >= 4 is 142 Å². The highest BCUT2D eigenvalue weighted by Gasteiger charge is 2.26. The van der Waals surface area contributed by atoms with E-state index in [0.717, 1.165) is 108 Å². The van der Waals surface area contributed by atoms with Crippen LogP contribution < -0.4 is 5.32 Å². The zero-order valence-electron chi connectivity index (χ0n) is 64.2. The minimum atomic E-state index is -3.18. The van der Waals surface area contributed by atoms with Gasteiger partial charge in [-0.15, -0.1) is 11.8 Å². The molecule has 8 rings (SSSR count). The highest BCUT2D eigenvalue weighted by molar-refractivity contribution is 8.13. The van der Waals surface area contributed by atoms with E-state index in [1.165, 1.54) is 120 Å². The number of aromatic nitrogens is 2. The molecule has 1 N–H and O–H groups in total. The molecule has 2 unspecified atom stereocenters. The van der Waals surface area contributed by atoms with Gasteiger partial charge in [0, 0.05) is 131 Å². The zero-order valence-corrected chi connectivity index (χ0v) is 75.7. The van der Waals surface area contributed by atoms with Crippen LogP contribution in [0.4, 0.5) is 0 Å². The van der Waals surface area contributed by atoms with Crippen molar-refractivity contribution in [3.8, 4) is 0 Å². The average Bonchev–Trinajstić information content (AvgIpc) is 1.68. The topological polar surface area (TPSA) is 486 Å². The Morgan fingerprint density at radius 3 is 1.24 bits per heavy atom. The van der Waals surface area contributed by atoms with E-state index >= 15 is 0 Å². The van der Waals surface area contributed by atoms with E-state index in [2.05, 4.69) is 19.7 Å². The van der Waals surface area contributed by atoms with Gasteiger partial charge in [0.1, 0.15) is 54.6 Å². The standard InChI is InChI=1S/C7H14O2S.C7H8O2S.C6H14O2S.C5H6N2O2S.C5H11NO3S.C5H11NO2S2.C5H11NO2S.C5H10O3S2.C5H6O3S.2C4H10O2S.C2H6O2S/c2*1-10(8,9)7-5-3-2-4-6-7;1-6(2,3)5-9(4,7)8;1-10(8,9)5-4-6-2-3-7-5;1-10(7,8)6-2-4-9-5-3-6;1-10(7,8)5-4-9-3-2-6-5;1-9(7,8)6-4-2-3-5-6;1-10(6,7)5-8-3-2-4-9-5;1-9(6,7)5-3-2-4-8-5;1-4(2)7(3,5)6;1-3-4-7(2,5)6;1-5(2,3)4/h7H,2-6H2,1H3;2-6H,1H3;5H2,1-4H3;2-4H,1H3;2-5H2,1H3;5-6H,2-4H2,1H3;2-5H2,1H3;5H,2-4H2,1H3;2-4H,1H3;4H,1-3H3;3-4H2,1-2H3;1-2H3. The number of morpholine rings is 1. The summed E-state index contributed by atoms with van der Waals surface area (Å²) in [7, 11) is -34.6. The number of nitrogens with zero attached hydrogens (tertiary/aromatic N) is 4. The predicted octanol–water partition coefficient (Wildman–Crippen LogP) is 4.12. The summed E-state index contributed by atoms with van der Waals surface area (Å²) < 4.78 is 272. The summed E-state index contributed by atoms with van der Waals surface area (Å²) >= 11 is 3.05. The van der Waals surface area contributed by atoms with Crippen LogP contribution in [0.3, 0.4) is 0 Å². The SMILES string of the molecule is CC(C)(C)CS(C)(=O)=O.CC(C)S(C)(=O)=O.CCCS(C)(=O)=O.CS(=O)(=O)C1CCCCC1.CS(=O)(=O)C1CSCCN1.CS(=O)(=O)C1OCCCS1.CS(=O)(=O)N1CCCC1.CS(=O)(=O)N1CCOCC1.CS(=O)(=O)c1ccccc1.CS(=O)(=O)c1ccco1.CS(=O)(=O)c1cnccn1.CS(C)(=O)=O. The van der Waals surface area contributed by atoms with Crippen molar-refractivity contribution < 1.29 is 115 Å². The maximum atomic E-state index is 11.0. The Bertz CT molecular complexity index is 4110. The van der Waals surface area contributed by atoms with Crippen LogP contribution in [0.25, 0.3) is 0 Å². The summed E-state index contributed by atoms with van der Waals surface area (Å²) in [6, 6.07) is 11.3. The van der Waals surface area contributed by atoms with Gasteiger partial charge in [-0.05, 0) is 87.8 Å². The highest BCUT2D eigenvalue weighted by Crippen LogP contribution is 2.24. The third-order valence-electron chi connectivity index (χ3n) is 12.8. The van der Waals surface area contributed by atoms with Gasteiger partial charge in [-0.1, -0.05) is 65.2 Å². The number of sulfone groups is 10. The number of thioether (sulfide) groups is 2. The zero-order chi connectivity index (χ0) is 83.7. The van der Waals surface area contributed by atoms with Crippen molar-refractivity contribution in [1.29, 1.82) is 0 Å². The van der Waals surface area contributed by atoms with E-state index in [1.807, 2.05) is 27.7 Å². The van der Waals surface area contributed by atoms with Crippen molar-refractivity contribution in [2.24, 2.45) is 5.41 Å². The lowest BCUT2D eigenvalue weighted by atomic mass is 10.0. The lowest BCUT2D eigenvalue weighted by Crippen LogP contribution is -2.42. The van der Waals surface area contributed by atoms with Crippen molar-refractivity contribution in [3.05, 3.63) is 67.3 Å². The molecular weight excluding hydrogens is 1670 g/mol. The first-order valence-electron chi connectivity index (χ1n) is 32.3. The Labute approximate surface area is 645 Å². The molecule has 106 heavy (non-hydrogen) atoms. The van der Waals surface area contributed by atoms with Crippen LogP contribution in [-0.2, 0) is 128 Å². The van der Waals surface area contributed by atoms with Crippen LogP contribution >= 0.6 is 23.5 Å². The van der Waals surface area contributed by atoms with Crippen LogP contribution in [0.5, 0.6) is 0 Å². The van der Waals surface area contributed by atoms with Crippen LogP contribution in [0.2, 0.25) is 0 Å². The van der Waals surface area contributed by atoms with Gasteiger partial charge >= 0.3 is 0 Å². The molecule has 1 aromatic carbocycles. The van der Waals surface area contributed by atoms with Crippen LogP contribution in [0.1, 0.15) is 99.3 Å². The fourth-order valence-electron chi connectivity index (χ4n) is 7.70. The highest BCUT2D eigenvalue weighted by atomic mass is 32.3. The molecule has 2 aromatic heterocycles. The normalized spacial score (nSPS) is 18.0. The molecule has 4 aliphatic heterocycles. The van der Waals surface area contributed by atoms with Crippen molar-refractivity contribution in [2.45, 2.75) is 135 Å². The molecule has 1 saturated carbocycles. The number of furan rings is 1. The van der Waals surface area contributed by atoms with Gasteiger partial charge in [-0.3, -0.25) is 10.3 Å². The summed E-state index contributed by atoms with van der Waals surface area (Å²) in [5, 5.41) is 2.41. The average molecular weight is 1790 g/mol. The lowest BCUT2D eigenvalue weighted by molar-refractivity contribution is 0.0733. The summed E-state index contributed by atoms with van der Waals surface area (Å²) in [5.74, 6) is 3.18. The first-order valence-corrected chi connectivity index (χ1v) is 58.1. The third kappa shape index (κ3) is 67.2. The van der Waals surface area contributed by atoms with Gasteiger partial charge in [0.05, 0.1) is 65.9 Å². The fourth-order valence-corrected chi connectivity index (χ4v) is 19.4. The van der Waals surface area contributed by atoms with Gasteiger partial charge in [-0.25, -0.2) is 110 Å². The molecule has 3 aromatic rings. The Kier molecular flexibility index (Phi) is 53.1. The van der Waals surface area contributed by atoms with Gasteiger partial charge in [0.2, 0.25) is 39.7 Å². The Morgan fingerprint density at radius 1 is 0.547 bits per heavy atom. The molecule has 628 valence electrons. The molecule has 5 aliphatic rings. The van der Waals surface area contributed by atoms with Gasteiger partial charge in [-0.2, -0.15) is 16.1 Å². The Balaban J connectivity index is -0.000000537. The molecule has 46 heteroatoms. The monoisotopic (exact) mass is 1790 g/mol. The molecule has 6 heterocycles. The van der Waals surface area contributed by atoms with E-state index in [0.29, 0.717) is 49.3 Å². The molecule has 0 amide bonds. The number of nitrogens with one attached hydrogen (secondary N) is 1. The van der Waals surface area contributed by atoms with Gasteiger partial charge < -0.3 is 13.9 Å². The van der Waals surface area contributed by atoms with Gasteiger partial charge in [0.25, 0.3) is 0 Å². The smallest absolute Gasteiger partial charge is 0.217 e. The van der Waals surface area contributed by atoms with Crippen molar-refractivity contribution in [3.63, 3.8) is 0 Å². The number of sulfonamides is 2. The summed E-state index contributed by atoms with van der Waals surface area (Å²) in [5.41, 5.74) is -0.104. The second-order valence-corrected chi connectivity index (χ2v) is 54.6. The van der Waals surface area contributed by atoms with E-state index in [4.69, 9.17) is 9.47 Å². The lowest BCUT2D eigenvalue weighted by Gasteiger charge is -2.23. The second kappa shape index (κ2) is 51.3. The molecule has 0 bridgehead atoms. The molecule has 0 spiro atoms. The van der Waals surface area contributed by atoms with E-state index < -0.39 is 123 Å². The second-order valence-electron chi connectivity index (χ2n) is 26.2. The maximum absolute atomic E-state index is 11.0. The number of benzene rings is 1. The molecule has 1 aliphatic carbocycles. The minimum Gasteiger partial charge on any atom is -0.453 e. The molecule has 5 fully saturated rings. The number of hydrogen-bond acceptors (Lipinski definition) is 32. The minimum absolute atomic E-state index is 0.00926.